The van der Waals surface area contributed by atoms with Gasteiger partial charge in [-0.05, 0) is 48.1 Å². The molecule has 2 fully saturated rings. The summed E-state index contributed by atoms with van der Waals surface area (Å²) in [4.78, 5) is 15.7. The maximum absolute atomic E-state index is 14.2. The van der Waals surface area contributed by atoms with Gasteiger partial charge < -0.3 is 4.57 Å². The summed E-state index contributed by atoms with van der Waals surface area (Å²) in [5.41, 5.74) is 0.533. The van der Waals surface area contributed by atoms with Crippen molar-refractivity contribution in [3.63, 3.8) is 0 Å². The molecule has 0 radical (unpaired) electrons. The fourth-order valence-corrected chi connectivity index (χ4v) is 6.97. The molecule has 0 unspecified atom stereocenters. The van der Waals surface area contributed by atoms with E-state index in [-0.39, 0.29) is 11.4 Å². The Labute approximate surface area is 228 Å². The SMILES string of the molecule is C[C@@H]1CN(Cc2cc(C(F)(F)F)c3cn(-c4cccc([C@H](c5nncn5C)C5CCC5)c4)c(=O)n3c2)CCS1. The number of hydrogen-bond donors (Lipinski definition) is 0. The maximum Gasteiger partial charge on any atom is 0.418 e. The monoisotopic (exact) mass is 556 g/mol. The maximum atomic E-state index is 14.2. The van der Waals surface area contributed by atoms with Crippen molar-refractivity contribution in [2.45, 2.75) is 50.1 Å². The van der Waals surface area contributed by atoms with E-state index in [2.05, 4.69) is 22.0 Å². The molecule has 7 nitrogen and oxygen atoms in total. The van der Waals surface area contributed by atoms with Crippen molar-refractivity contribution >= 4 is 17.3 Å². The van der Waals surface area contributed by atoms with Crippen LogP contribution in [0.25, 0.3) is 11.2 Å². The molecule has 1 aromatic carbocycles. The van der Waals surface area contributed by atoms with Crippen molar-refractivity contribution in [3.05, 3.63) is 82.1 Å². The van der Waals surface area contributed by atoms with E-state index in [9.17, 15) is 18.0 Å². The zero-order chi connectivity index (χ0) is 27.3. The number of imidazole rings is 1. The zero-order valence-corrected chi connectivity index (χ0v) is 22.8. The minimum atomic E-state index is -4.59. The molecule has 1 aliphatic heterocycles. The van der Waals surface area contributed by atoms with Crippen molar-refractivity contribution in [2.24, 2.45) is 13.0 Å². The molecule has 0 amide bonds. The predicted octanol–water partition coefficient (Wildman–Crippen LogP) is 5.11. The van der Waals surface area contributed by atoms with Gasteiger partial charge >= 0.3 is 11.9 Å². The van der Waals surface area contributed by atoms with Crippen LogP contribution in [0.2, 0.25) is 0 Å². The normalized spacial score (nSPS) is 19.9. The lowest BCUT2D eigenvalue weighted by Gasteiger charge is -2.33. The van der Waals surface area contributed by atoms with E-state index in [1.807, 2.05) is 41.6 Å². The third kappa shape index (κ3) is 5.02. The van der Waals surface area contributed by atoms with Crippen LogP contribution in [-0.4, -0.2) is 52.7 Å². The van der Waals surface area contributed by atoms with Gasteiger partial charge in [-0.2, -0.15) is 24.9 Å². The highest BCUT2D eigenvalue weighted by atomic mass is 32.2. The number of halogens is 3. The van der Waals surface area contributed by atoms with Gasteiger partial charge in [0.1, 0.15) is 12.2 Å². The molecule has 4 aromatic rings. The largest absolute Gasteiger partial charge is 0.418 e. The summed E-state index contributed by atoms with van der Waals surface area (Å²) < 4.78 is 47.1. The lowest BCUT2D eigenvalue weighted by atomic mass is 9.72. The number of alkyl halides is 3. The topological polar surface area (TPSA) is 60.4 Å². The third-order valence-corrected chi connectivity index (χ3v) is 9.15. The zero-order valence-electron chi connectivity index (χ0n) is 21.9. The van der Waals surface area contributed by atoms with Crippen molar-refractivity contribution in [1.29, 1.82) is 0 Å². The summed E-state index contributed by atoms with van der Waals surface area (Å²) in [6.45, 7) is 4.11. The molecule has 206 valence electrons. The molecule has 2 aliphatic rings. The van der Waals surface area contributed by atoms with E-state index in [4.69, 9.17) is 0 Å². The fourth-order valence-electron chi connectivity index (χ4n) is 5.88. The Morgan fingerprint density at radius 2 is 2.00 bits per heavy atom. The highest BCUT2D eigenvalue weighted by Gasteiger charge is 2.35. The minimum absolute atomic E-state index is 0.00127. The molecule has 0 spiro atoms. The second kappa shape index (κ2) is 10.2. The summed E-state index contributed by atoms with van der Waals surface area (Å²) in [6, 6.07) is 8.72. The summed E-state index contributed by atoms with van der Waals surface area (Å²) in [6.07, 6.45) is 3.27. The van der Waals surface area contributed by atoms with Gasteiger partial charge in [-0.15, -0.1) is 10.2 Å². The number of nitrogens with zero attached hydrogens (tertiary/aromatic N) is 6. The van der Waals surface area contributed by atoms with E-state index < -0.39 is 17.4 Å². The standard InChI is InChI=1S/C28H31F3N6OS/c1-18-13-35(9-10-39-18)14-19-11-23(28(29,30)31)24-16-36(27(38)37(24)15-19)22-8-4-7-21(12-22)25(20-5-3-6-20)26-33-32-17-34(26)2/h4,7-8,11-12,15-18,20,25H,3,5-6,9-10,13-14H2,1-2H3/t18-,25-/m1/s1. The smallest absolute Gasteiger partial charge is 0.320 e. The fraction of sp³-hybridized carbons (Fsp3) is 0.464. The third-order valence-electron chi connectivity index (χ3n) is 8.01. The second-order valence-electron chi connectivity index (χ2n) is 10.8. The molecule has 0 bridgehead atoms. The average Bonchev–Trinajstić information content (AvgIpc) is 3.43. The summed E-state index contributed by atoms with van der Waals surface area (Å²) in [5.74, 6) is 2.20. The molecule has 6 rings (SSSR count). The quantitative estimate of drug-likeness (QED) is 0.331. The average molecular weight is 557 g/mol. The first-order valence-corrected chi connectivity index (χ1v) is 14.4. The molecular weight excluding hydrogens is 525 g/mol. The first-order valence-electron chi connectivity index (χ1n) is 13.3. The lowest BCUT2D eigenvalue weighted by molar-refractivity contribution is -0.136. The Kier molecular flexibility index (Phi) is 6.83. The van der Waals surface area contributed by atoms with E-state index in [0.29, 0.717) is 29.0 Å². The van der Waals surface area contributed by atoms with Gasteiger partial charge in [0.15, 0.2) is 0 Å². The predicted molar refractivity (Wildman–Crippen MR) is 145 cm³/mol. The first-order chi connectivity index (χ1) is 18.7. The van der Waals surface area contributed by atoms with Gasteiger partial charge in [-0.25, -0.2) is 4.79 Å². The van der Waals surface area contributed by atoms with Crippen LogP contribution in [0.3, 0.4) is 0 Å². The molecule has 0 N–H and O–H groups in total. The van der Waals surface area contributed by atoms with Gasteiger partial charge in [-0.1, -0.05) is 25.5 Å². The Balaban J connectivity index is 1.42. The molecule has 1 saturated heterocycles. The molecule has 4 heterocycles. The van der Waals surface area contributed by atoms with Crippen molar-refractivity contribution in [2.75, 3.05) is 18.8 Å². The van der Waals surface area contributed by atoms with Gasteiger partial charge in [0.2, 0.25) is 0 Å². The Morgan fingerprint density at radius 3 is 2.67 bits per heavy atom. The Hall–Kier alpha value is -3.05. The van der Waals surface area contributed by atoms with Gasteiger partial charge in [-0.3, -0.25) is 13.9 Å². The number of fused-ring (bicyclic) bond motifs is 1. The lowest BCUT2D eigenvalue weighted by Crippen LogP contribution is -2.36. The van der Waals surface area contributed by atoms with E-state index in [1.165, 1.54) is 16.8 Å². The van der Waals surface area contributed by atoms with Crippen molar-refractivity contribution in [3.8, 4) is 5.69 Å². The molecule has 3 aromatic heterocycles. The first kappa shape index (κ1) is 26.2. The highest BCUT2D eigenvalue weighted by Crippen LogP contribution is 2.43. The van der Waals surface area contributed by atoms with Crippen LogP contribution in [0.4, 0.5) is 13.2 Å². The molecular formula is C28H31F3N6OS. The number of hydrogen-bond acceptors (Lipinski definition) is 5. The van der Waals surface area contributed by atoms with Crippen LogP contribution in [-0.2, 0) is 19.8 Å². The highest BCUT2D eigenvalue weighted by molar-refractivity contribution is 7.99. The van der Waals surface area contributed by atoms with Gasteiger partial charge in [0, 0.05) is 56.0 Å². The number of aryl methyl sites for hydroxylation is 1. The van der Waals surface area contributed by atoms with Crippen molar-refractivity contribution < 1.29 is 13.2 Å². The van der Waals surface area contributed by atoms with Crippen LogP contribution >= 0.6 is 11.8 Å². The summed E-state index contributed by atoms with van der Waals surface area (Å²) >= 11 is 1.87. The Bertz CT molecular complexity index is 1550. The van der Waals surface area contributed by atoms with E-state index >= 15 is 0 Å². The van der Waals surface area contributed by atoms with Gasteiger partial charge in [0.25, 0.3) is 0 Å². The van der Waals surface area contributed by atoms with E-state index in [0.717, 1.165) is 53.9 Å². The van der Waals surface area contributed by atoms with Crippen LogP contribution in [0.5, 0.6) is 0 Å². The summed E-state index contributed by atoms with van der Waals surface area (Å²) in [7, 11) is 1.91. The molecule has 39 heavy (non-hydrogen) atoms. The molecule has 2 atom stereocenters. The second-order valence-corrected chi connectivity index (χ2v) is 12.3. The van der Waals surface area contributed by atoms with Crippen molar-refractivity contribution in [1.82, 2.24) is 28.6 Å². The molecule has 1 saturated carbocycles. The minimum Gasteiger partial charge on any atom is -0.320 e. The molecule has 11 heteroatoms. The van der Waals surface area contributed by atoms with E-state index in [1.54, 1.807) is 18.6 Å². The summed E-state index contributed by atoms with van der Waals surface area (Å²) in [5, 5.41) is 8.85. The molecule has 1 aliphatic carbocycles. The Morgan fingerprint density at radius 1 is 1.18 bits per heavy atom. The van der Waals surface area contributed by atoms with Gasteiger partial charge in [0.05, 0.1) is 16.8 Å². The number of rotatable bonds is 6. The number of pyridine rings is 1. The number of benzene rings is 1. The van der Waals surface area contributed by atoms with Crippen LogP contribution < -0.4 is 5.69 Å². The number of thioether (sulfide) groups is 1. The number of aromatic nitrogens is 5. The van der Waals surface area contributed by atoms with Crippen LogP contribution in [0.1, 0.15) is 54.6 Å². The van der Waals surface area contributed by atoms with Crippen LogP contribution in [0.15, 0.2) is 53.8 Å². The van der Waals surface area contributed by atoms with Crippen LogP contribution in [0, 0.1) is 5.92 Å².